The second-order valence-electron chi connectivity index (χ2n) is 5.26. The van der Waals surface area contributed by atoms with Crippen LogP contribution in [0.1, 0.15) is 26.2 Å². The predicted octanol–water partition coefficient (Wildman–Crippen LogP) is 1.42. The van der Waals surface area contributed by atoms with Crippen LogP contribution >= 0.6 is 11.5 Å². The van der Waals surface area contributed by atoms with Gasteiger partial charge in [-0.05, 0) is 37.3 Å². The lowest BCUT2D eigenvalue weighted by Gasteiger charge is -2.32. The molecule has 20 heavy (non-hydrogen) atoms. The highest BCUT2D eigenvalue weighted by atomic mass is 32.2. The Balaban J connectivity index is 2.02. The molecule has 0 saturated carbocycles. The number of nitrogens with zero attached hydrogens (tertiary/aromatic N) is 2. The van der Waals surface area contributed by atoms with E-state index in [2.05, 4.69) is 21.5 Å². The molecular weight excluding hydrogens is 296 g/mol. The maximum Gasteiger partial charge on any atom is 0.182 e. The summed E-state index contributed by atoms with van der Waals surface area (Å²) < 4.78 is 27.5. The molecule has 0 aromatic carbocycles. The van der Waals surface area contributed by atoms with Crippen LogP contribution in [-0.4, -0.2) is 49.6 Å². The van der Waals surface area contributed by atoms with Gasteiger partial charge in [0, 0.05) is 25.4 Å². The molecule has 0 spiro atoms. The van der Waals surface area contributed by atoms with E-state index in [0.29, 0.717) is 11.0 Å². The molecule has 8 heteroatoms. The van der Waals surface area contributed by atoms with Crippen molar-refractivity contribution < 1.29 is 8.42 Å². The van der Waals surface area contributed by atoms with Crippen LogP contribution in [0.5, 0.6) is 0 Å². The molecule has 0 atom stereocenters. The van der Waals surface area contributed by atoms with Crippen LogP contribution in [0.3, 0.4) is 0 Å². The molecule has 0 aliphatic carbocycles. The quantitative estimate of drug-likeness (QED) is 0.853. The van der Waals surface area contributed by atoms with Crippen LogP contribution < -0.4 is 11.1 Å². The number of rotatable bonds is 5. The van der Waals surface area contributed by atoms with Crippen LogP contribution in [0.4, 0.5) is 10.8 Å². The number of aromatic nitrogens is 1. The summed E-state index contributed by atoms with van der Waals surface area (Å²) in [7, 11) is -3.34. The molecule has 1 saturated heterocycles. The maximum atomic E-state index is 11.8. The van der Waals surface area contributed by atoms with Gasteiger partial charge in [0.1, 0.15) is 9.90 Å². The van der Waals surface area contributed by atoms with Crippen LogP contribution in [0.15, 0.2) is 4.90 Å². The third kappa shape index (κ3) is 3.62. The fourth-order valence-electron chi connectivity index (χ4n) is 2.55. The summed E-state index contributed by atoms with van der Waals surface area (Å²) in [6.07, 6.45) is 4.37. The van der Waals surface area contributed by atoms with Crippen molar-refractivity contribution in [2.45, 2.75) is 37.1 Å². The Labute approximate surface area is 124 Å². The highest BCUT2D eigenvalue weighted by Gasteiger charge is 2.25. The standard InChI is InChI=1S/C12H22N4O2S2/c1-3-6-16-7-4-9(5-8-16)14-12-10(20(2,17)18)11(13)15-19-12/h9,14H,3-8H2,1-2H3,(H2,13,15). The second-order valence-corrected chi connectivity index (χ2v) is 7.98. The molecule has 2 heterocycles. The van der Waals surface area contributed by atoms with Crippen molar-refractivity contribution in [3.8, 4) is 0 Å². The fourth-order valence-corrected chi connectivity index (χ4v) is 4.68. The maximum absolute atomic E-state index is 11.8. The Hall–Kier alpha value is -0.860. The fraction of sp³-hybridized carbons (Fsp3) is 0.750. The van der Waals surface area contributed by atoms with Gasteiger partial charge in [0.05, 0.1) is 0 Å². The number of nitrogen functional groups attached to an aromatic ring is 1. The summed E-state index contributed by atoms with van der Waals surface area (Å²) in [4.78, 5) is 2.59. The number of hydrogen-bond donors (Lipinski definition) is 2. The molecule has 114 valence electrons. The normalized spacial score (nSPS) is 18.3. The molecule has 3 N–H and O–H groups in total. The van der Waals surface area contributed by atoms with E-state index in [1.54, 1.807) is 0 Å². The van der Waals surface area contributed by atoms with E-state index in [1.165, 1.54) is 12.7 Å². The Morgan fingerprint density at radius 2 is 2.10 bits per heavy atom. The molecule has 0 radical (unpaired) electrons. The summed E-state index contributed by atoms with van der Waals surface area (Å²) in [6.45, 7) is 5.42. The average Bonchev–Trinajstić information content (AvgIpc) is 2.73. The van der Waals surface area contributed by atoms with Gasteiger partial charge in [-0.2, -0.15) is 4.37 Å². The van der Waals surface area contributed by atoms with E-state index in [0.717, 1.165) is 44.0 Å². The number of piperidine rings is 1. The average molecular weight is 318 g/mol. The first-order valence-electron chi connectivity index (χ1n) is 6.86. The molecular formula is C12H22N4O2S2. The van der Waals surface area contributed by atoms with Gasteiger partial charge in [0.2, 0.25) is 0 Å². The minimum atomic E-state index is -3.34. The third-order valence-electron chi connectivity index (χ3n) is 3.51. The van der Waals surface area contributed by atoms with Crippen molar-refractivity contribution in [3.05, 3.63) is 0 Å². The minimum Gasteiger partial charge on any atom is -0.382 e. The van der Waals surface area contributed by atoms with Gasteiger partial charge in [0.15, 0.2) is 15.7 Å². The van der Waals surface area contributed by atoms with Crippen LogP contribution in [-0.2, 0) is 9.84 Å². The number of nitrogens with two attached hydrogens (primary N) is 1. The van der Waals surface area contributed by atoms with E-state index >= 15 is 0 Å². The number of likely N-dealkylation sites (tertiary alicyclic amines) is 1. The number of sulfone groups is 1. The molecule has 2 rings (SSSR count). The minimum absolute atomic E-state index is 0.100. The van der Waals surface area contributed by atoms with Crippen LogP contribution in [0.25, 0.3) is 0 Å². The summed E-state index contributed by atoms with van der Waals surface area (Å²) >= 11 is 1.13. The zero-order chi connectivity index (χ0) is 14.8. The lowest BCUT2D eigenvalue weighted by Crippen LogP contribution is -2.39. The first-order chi connectivity index (χ1) is 9.41. The third-order valence-corrected chi connectivity index (χ3v) is 5.58. The summed E-state index contributed by atoms with van der Waals surface area (Å²) in [6, 6.07) is 0.295. The summed E-state index contributed by atoms with van der Waals surface area (Å²) in [5.74, 6) is 0.100. The zero-order valence-corrected chi connectivity index (χ0v) is 13.6. The highest BCUT2D eigenvalue weighted by Crippen LogP contribution is 2.32. The summed E-state index contributed by atoms with van der Waals surface area (Å²) in [5.41, 5.74) is 5.67. The molecule has 1 aliphatic rings. The Kier molecular flexibility index (Phi) is 4.87. The van der Waals surface area contributed by atoms with E-state index < -0.39 is 9.84 Å². The summed E-state index contributed by atoms with van der Waals surface area (Å²) in [5, 5.41) is 3.89. The molecule has 1 aromatic rings. The lowest BCUT2D eigenvalue weighted by atomic mass is 10.1. The molecule has 0 bridgehead atoms. The van der Waals surface area contributed by atoms with Crippen molar-refractivity contribution in [3.63, 3.8) is 0 Å². The number of nitrogens with one attached hydrogen (secondary N) is 1. The lowest BCUT2D eigenvalue weighted by molar-refractivity contribution is 0.219. The van der Waals surface area contributed by atoms with Crippen molar-refractivity contribution in [1.82, 2.24) is 9.27 Å². The predicted molar refractivity (Wildman–Crippen MR) is 83.0 cm³/mol. The topological polar surface area (TPSA) is 88.3 Å². The SMILES string of the molecule is CCCN1CCC(Nc2snc(N)c2S(C)(=O)=O)CC1. The second kappa shape index (κ2) is 6.28. The van der Waals surface area contributed by atoms with Crippen molar-refractivity contribution in [2.75, 3.05) is 36.9 Å². The first kappa shape index (κ1) is 15.5. The zero-order valence-electron chi connectivity index (χ0n) is 11.9. The van der Waals surface area contributed by atoms with Crippen molar-refractivity contribution >= 4 is 32.2 Å². The van der Waals surface area contributed by atoms with Crippen molar-refractivity contribution in [1.29, 1.82) is 0 Å². The van der Waals surface area contributed by atoms with Crippen LogP contribution in [0.2, 0.25) is 0 Å². The molecule has 0 unspecified atom stereocenters. The van der Waals surface area contributed by atoms with Gasteiger partial charge in [0.25, 0.3) is 0 Å². The van der Waals surface area contributed by atoms with E-state index in [4.69, 9.17) is 5.73 Å². The van der Waals surface area contributed by atoms with E-state index in [1.807, 2.05) is 0 Å². The molecule has 6 nitrogen and oxygen atoms in total. The Morgan fingerprint density at radius 3 is 2.65 bits per heavy atom. The van der Waals surface area contributed by atoms with Gasteiger partial charge in [-0.15, -0.1) is 0 Å². The van der Waals surface area contributed by atoms with Gasteiger partial charge in [-0.3, -0.25) is 0 Å². The van der Waals surface area contributed by atoms with E-state index in [-0.39, 0.29) is 10.7 Å². The largest absolute Gasteiger partial charge is 0.382 e. The molecule has 1 fully saturated rings. The molecule has 0 amide bonds. The van der Waals surface area contributed by atoms with Crippen LogP contribution in [0, 0.1) is 0 Å². The Bertz CT molecular complexity index is 548. The smallest absolute Gasteiger partial charge is 0.182 e. The first-order valence-corrected chi connectivity index (χ1v) is 9.52. The van der Waals surface area contributed by atoms with Gasteiger partial charge in [-0.25, -0.2) is 8.42 Å². The van der Waals surface area contributed by atoms with Gasteiger partial charge < -0.3 is 16.0 Å². The molecule has 1 aliphatic heterocycles. The van der Waals surface area contributed by atoms with Crippen molar-refractivity contribution in [2.24, 2.45) is 0 Å². The molecule has 1 aromatic heterocycles. The Morgan fingerprint density at radius 1 is 1.45 bits per heavy atom. The van der Waals surface area contributed by atoms with Gasteiger partial charge in [-0.1, -0.05) is 6.92 Å². The number of anilines is 2. The number of hydrogen-bond acceptors (Lipinski definition) is 7. The van der Waals surface area contributed by atoms with E-state index in [9.17, 15) is 8.42 Å². The monoisotopic (exact) mass is 318 g/mol. The van der Waals surface area contributed by atoms with Gasteiger partial charge >= 0.3 is 0 Å². The highest BCUT2D eigenvalue weighted by molar-refractivity contribution is 7.91.